The summed E-state index contributed by atoms with van der Waals surface area (Å²) in [6, 6.07) is 8.78. The van der Waals surface area contributed by atoms with Gasteiger partial charge in [-0.15, -0.1) is 0 Å². The highest BCUT2D eigenvalue weighted by Gasteiger charge is 2.23. The molecule has 0 spiro atoms. The van der Waals surface area contributed by atoms with Crippen molar-refractivity contribution in [3.8, 4) is 23.0 Å². The number of nitrogens with one attached hydrogen (secondary N) is 1. The summed E-state index contributed by atoms with van der Waals surface area (Å²) in [6.07, 6.45) is 0.949. The Bertz CT molecular complexity index is 796. The Morgan fingerprint density at radius 3 is 2.46 bits per heavy atom. The molecule has 0 fully saturated rings. The topological polar surface area (TPSA) is 66.0 Å². The van der Waals surface area contributed by atoms with Gasteiger partial charge in [0, 0.05) is 29.7 Å². The fraction of sp³-hybridized carbons (Fsp3) is 0.350. The minimum Gasteiger partial charge on any atom is -0.497 e. The zero-order valence-electron chi connectivity index (χ0n) is 15.4. The van der Waals surface area contributed by atoms with E-state index in [1.165, 1.54) is 0 Å². The number of carbonyl (C=O) groups excluding carboxylic acids is 1. The van der Waals surface area contributed by atoms with E-state index in [1.807, 2.05) is 26.0 Å². The zero-order chi connectivity index (χ0) is 18.7. The maximum absolute atomic E-state index is 12.8. The number of rotatable bonds is 6. The van der Waals surface area contributed by atoms with Crippen LogP contribution in [0.2, 0.25) is 0 Å². The summed E-state index contributed by atoms with van der Waals surface area (Å²) in [6.45, 7) is 4.43. The van der Waals surface area contributed by atoms with E-state index in [1.54, 1.807) is 32.4 Å². The largest absolute Gasteiger partial charge is 0.497 e. The molecule has 0 radical (unpaired) electrons. The van der Waals surface area contributed by atoms with Crippen molar-refractivity contribution in [2.75, 3.05) is 26.1 Å². The lowest BCUT2D eigenvalue weighted by atomic mass is 10.1. The molecule has 0 bridgehead atoms. The van der Waals surface area contributed by atoms with Crippen molar-refractivity contribution in [2.45, 2.75) is 26.4 Å². The van der Waals surface area contributed by atoms with Crippen molar-refractivity contribution >= 4 is 11.6 Å². The maximum Gasteiger partial charge on any atom is 0.256 e. The normalized spacial score (nSPS) is 15.0. The SMILES string of the molecule is CCOc1cc2c(cc1NC(=O)c1cc(OC)cc(OC)c1)O[C@@H](C)C2. The standard InChI is InChI=1S/C20H23NO5/c1-5-25-19-9-13-6-12(2)26-18(13)11-17(19)21-20(22)14-7-15(23-3)10-16(8-14)24-4/h7-12H,5-6H2,1-4H3,(H,21,22)/t12-/m0/s1. The molecule has 1 heterocycles. The van der Waals surface area contributed by atoms with Gasteiger partial charge in [0.2, 0.25) is 0 Å². The lowest BCUT2D eigenvalue weighted by Crippen LogP contribution is -2.13. The minimum atomic E-state index is -0.283. The lowest BCUT2D eigenvalue weighted by molar-refractivity contribution is 0.102. The molecule has 0 saturated carbocycles. The Labute approximate surface area is 153 Å². The predicted octanol–water partition coefficient (Wildman–Crippen LogP) is 3.68. The number of carbonyl (C=O) groups is 1. The smallest absolute Gasteiger partial charge is 0.256 e. The molecule has 138 valence electrons. The zero-order valence-corrected chi connectivity index (χ0v) is 15.4. The molecule has 6 nitrogen and oxygen atoms in total. The molecule has 2 aromatic rings. The highest BCUT2D eigenvalue weighted by Crippen LogP contribution is 2.38. The van der Waals surface area contributed by atoms with Gasteiger partial charge in [0.15, 0.2) is 0 Å². The van der Waals surface area contributed by atoms with Gasteiger partial charge in [0.1, 0.15) is 29.1 Å². The van der Waals surface area contributed by atoms with E-state index < -0.39 is 0 Å². The summed E-state index contributed by atoms with van der Waals surface area (Å²) in [5, 5.41) is 2.90. The van der Waals surface area contributed by atoms with Crippen molar-refractivity contribution in [1.29, 1.82) is 0 Å². The van der Waals surface area contributed by atoms with Crippen LogP contribution in [0.25, 0.3) is 0 Å². The number of fused-ring (bicyclic) bond motifs is 1. The number of ether oxygens (including phenoxy) is 4. The Hall–Kier alpha value is -2.89. The van der Waals surface area contributed by atoms with Crippen LogP contribution in [-0.2, 0) is 6.42 Å². The van der Waals surface area contributed by atoms with E-state index in [0.29, 0.717) is 35.1 Å². The van der Waals surface area contributed by atoms with Crippen LogP contribution in [0.5, 0.6) is 23.0 Å². The van der Waals surface area contributed by atoms with Gasteiger partial charge in [-0.3, -0.25) is 4.79 Å². The molecule has 1 aliphatic rings. The summed E-state index contributed by atoms with van der Waals surface area (Å²) in [5.74, 6) is 2.22. The van der Waals surface area contributed by atoms with Gasteiger partial charge in [0.25, 0.3) is 5.91 Å². The number of methoxy groups -OCH3 is 2. The molecule has 0 aromatic heterocycles. The monoisotopic (exact) mass is 357 g/mol. The molecule has 2 aromatic carbocycles. The van der Waals surface area contributed by atoms with Crippen LogP contribution in [0, 0.1) is 0 Å². The van der Waals surface area contributed by atoms with E-state index in [0.717, 1.165) is 17.7 Å². The second-order valence-corrected chi connectivity index (χ2v) is 6.08. The molecule has 1 amide bonds. The third kappa shape index (κ3) is 3.69. The van der Waals surface area contributed by atoms with Crippen molar-refractivity contribution in [3.05, 3.63) is 41.5 Å². The van der Waals surface area contributed by atoms with E-state index in [2.05, 4.69) is 5.32 Å². The molecule has 0 saturated heterocycles. The third-order valence-electron chi connectivity index (χ3n) is 4.16. The van der Waals surface area contributed by atoms with Gasteiger partial charge < -0.3 is 24.3 Å². The number of anilines is 1. The Balaban J connectivity index is 1.91. The van der Waals surface area contributed by atoms with Gasteiger partial charge in [-0.25, -0.2) is 0 Å². The first-order valence-corrected chi connectivity index (χ1v) is 8.54. The van der Waals surface area contributed by atoms with Gasteiger partial charge in [-0.05, 0) is 32.0 Å². The number of amides is 1. The third-order valence-corrected chi connectivity index (χ3v) is 4.16. The quantitative estimate of drug-likeness (QED) is 0.854. The summed E-state index contributed by atoms with van der Waals surface area (Å²) in [5.41, 5.74) is 2.09. The highest BCUT2D eigenvalue weighted by molar-refractivity contribution is 6.05. The fourth-order valence-electron chi connectivity index (χ4n) is 2.94. The molecule has 0 aliphatic carbocycles. The maximum atomic E-state index is 12.8. The first kappa shape index (κ1) is 17.9. The van der Waals surface area contributed by atoms with Gasteiger partial charge >= 0.3 is 0 Å². The van der Waals surface area contributed by atoms with E-state index in [4.69, 9.17) is 18.9 Å². The number of hydrogen-bond donors (Lipinski definition) is 1. The van der Waals surface area contributed by atoms with Gasteiger partial charge in [-0.2, -0.15) is 0 Å². The Morgan fingerprint density at radius 2 is 1.85 bits per heavy atom. The molecule has 1 N–H and O–H groups in total. The predicted molar refractivity (Wildman–Crippen MR) is 98.9 cm³/mol. The average molecular weight is 357 g/mol. The van der Waals surface area contributed by atoms with Crippen LogP contribution >= 0.6 is 0 Å². The molecule has 3 rings (SSSR count). The lowest BCUT2D eigenvalue weighted by Gasteiger charge is -2.14. The second-order valence-electron chi connectivity index (χ2n) is 6.08. The summed E-state index contributed by atoms with van der Waals surface area (Å²) in [7, 11) is 3.09. The molecule has 6 heteroatoms. The van der Waals surface area contributed by atoms with E-state index >= 15 is 0 Å². The highest BCUT2D eigenvalue weighted by atomic mass is 16.5. The van der Waals surface area contributed by atoms with Crippen molar-refractivity contribution < 1.29 is 23.7 Å². The second kappa shape index (κ2) is 7.56. The first-order valence-electron chi connectivity index (χ1n) is 8.54. The van der Waals surface area contributed by atoms with E-state index in [-0.39, 0.29) is 12.0 Å². The Morgan fingerprint density at radius 1 is 1.15 bits per heavy atom. The molecule has 0 unspecified atom stereocenters. The Kier molecular flexibility index (Phi) is 5.21. The van der Waals surface area contributed by atoms with Crippen molar-refractivity contribution in [2.24, 2.45) is 0 Å². The van der Waals surface area contributed by atoms with Crippen LogP contribution in [0.3, 0.4) is 0 Å². The first-order chi connectivity index (χ1) is 12.5. The fourth-order valence-corrected chi connectivity index (χ4v) is 2.94. The average Bonchev–Trinajstić information content (AvgIpc) is 3.00. The number of hydrogen-bond acceptors (Lipinski definition) is 5. The van der Waals surface area contributed by atoms with Crippen molar-refractivity contribution in [1.82, 2.24) is 0 Å². The molecular weight excluding hydrogens is 334 g/mol. The summed E-state index contributed by atoms with van der Waals surface area (Å²) in [4.78, 5) is 12.8. The van der Waals surface area contributed by atoms with Crippen LogP contribution < -0.4 is 24.3 Å². The van der Waals surface area contributed by atoms with Crippen molar-refractivity contribution in [3.63, 3.8) is 0 Å². The molecule has 1 aliphatic heterocycles. The van der Waals surface area contributed by atoms with Gasteiger partial charge in [-0.1, -0.05) is 0 Å². The molecule has 1 atom stereocenters. The molecule has 26 heavy (non-hydrogen) atoms. The molecular formula is C20H23NO5. The van der Waals surface area contributed by atoms with Crippen LogP contribution in [0.4, 0.5) is 5.69 Å². The summed E-state index contributed by atoms with van der Waals surface area (Å²) < 4.78 is 22.0. The van der Waals surface area contributed by atoms with Crippen LogP contribution in [0.15, 0.2) is 30.3 Å². The van der Waals surface area contributed by atoms with Gasteiger partial charge in [0.05, 0.1) is 26.5 Å². The van der Waals surface area contributed by atoms with Crippen LogP contribution in [-0.4, -0.2) is 32.8 Å². The number of benzene rings is 2. The minimum absolute atomic E-state index is 0.119. The summed E-state index contributed by atoms with van der Waals surface area (Å²) >= 11 is 0. The van der Waals surface area contributed by atoms with Crippen LogP contribution in [0.1, 0.15) is 29.8 Å². The van der Waals surface area contributed by atoms with E-state index in [9.17, 15) is 4.79 Å².